The van der Waals surface area contributed by atoms with Crippen molar-refractivity contribution in [2.24, 2.45) is 0 Å². The van der Waals surface area contributed by atoms with Crippen LogP contribution in [0.2, 0.25) is 0 Å². The van der Waals surface area contributed by atoms with Crippen LogP contribution in [0.3, 0.4) is 0 Å². The fourth-order valence-electron chi connectivity index (χ4n) is 1.72. The Labute approximate surface area is 129 Å². The molecule has 10 heteroatoms. The Morgan fingerprint density at radius 2 is 2.05 bits per heavy atom. The molecule has 0 saturated carbocycles. The van der Waals surface area contributed by atoms with E-state index in [2.05, 4.69) is 40.9 Å². The number of rotatable bonds is 4. The van der Waals surface area contributed by atoms with Gasteiger partial charge in [0, 0.05) is 12.4 Å². The average molecular weight is 316 g/mol. The number of H-pyrrole nitrogens is 1. The Balaban J connectivity index is 1.78. The third kappa shape index (κ3) is 2.81. The second-order valence-electron chi connectivity index (χ2n) is 4.92. The van der Waals surface area contributed by atoms with E-state index in [0.717, 1.165) is 0 Å². The van der Waals surface area contributed by atoms with Gasteiger partial charge in [-0.2, -0.15) is 5.21 Å². The molecule has 0 saturated heterocycles. The van der Waals surface area contributed by atoms with Crippen LogP contribution in [0.15, 0.2) is 24.7 Å². The van der Waals surface area contributed by atoms with E-state index in [1.54, 1.807) is 32.3 Å². The lowest BCUT2D eigenvalue weighted by Gasteiger charge is -2.21. The maximum Gasteiger partial charge on any atom is 0.263 e. The fourth-order valence-corrected chi connectivity index (χ4v) is 2.48. The predicted molar refractivity (Wildman–Crippen MR) is 77.8 cm³/mol. The highest BCUT2D eigenvalue weighted by molar-refractivity contribution is 7.16. The van der Waals surface area contributed by atoms with E-state index in [4.69, 9.17) is 0 Å². The van der Waals surface area contributed by atoms with Crippen molar-refractivity contribution in [1.82, 2.24) is 40.9 Å². The highest BCUT2D eigenvalue weighted by Crippen LogP contribution is 2.23. The normalized spacial score (nSPS) is 11.4. The molecule has 0 spiro atoms. The van der Waals surface area contributed by atoms with Crippen molar-refractivity contribution in [3.05, 3.63) is 35.4 Å². The van der Waals surface area contributed by atoms with Crippen LogP contribution >= 0.6 is 11.3 Å². The van der Waals surface area contributed by atoms with Crippen LogP contribution in [-0.4, -0.2) is 41.5 Å². The summed E-state index contributed by atoms with van der Waals surface area (Å²) in [4.78, 5) is 25.2. The van der Waals surface area contributed by atoms with E-state index in [0.29, 0.717) is 21.5 Å². The molecular weight excluding hydrogens is 304 g/mol. The third-order valence-corrected chi connectivity index (χ3v) is 3.81. The van der Waals surface area contributed by atoms with Crippen molar-refractivity contribution in [3.8, 4) is 10.8 Å². The maximum atomic E-state index is 12.3. The van der Waals surface area contributed by atoms with Crippen LogP contribution in [0, 0.1) is 0 Å². The first-order valence-electron chi connectivity index (χ1n) is 6.36. The first-order valence-corrected chi connectivity index (χ1v) is 7.17. The number of aromatic nitrogens is 7. The number of thiazole rings is 1. The Morgan fingerprint density at radius 1 is 1.27 bits per heavy atom. The number of nitrogens with zero attached hydrogens (tertiary/aromatic N) is 6. The second kappa shape index (κ2) is 5.56. The molecule has 9 nitrogen and oxygen atoms in total. The Morgan fingerprint density at radius 3 is 2.73 bits per heavy atom. The Bertz CT molecular complexity index is 768. The van der Waals surface area contributed by atoms with E-state index in [-0.39, 0.29) is 5.91 Å². The predicted octanol–water partition coefficient (Wildman–Crippen LogP) is 0.778. The van der Waals surface area contributed by atoms with Gasteiger partial charge in [0.1, 0.15) is 4.88 Å². The number of carbonyl (C=O) groups excluding carboxylic acids is 1. The van der Waals surface area contributed by atoms with Crippen LogP contribution in [0.25, 0.3) is 10.8 Å². The summed E-state index contributed by atoms with van der Waals surface area (Å²) < 4.78 is 0. The van der Waals surface area contributed by atoms with Crippen LogP contribution in [0.4, 0.5) is 0 Å². The summed E-state index contributed by atoms with van der Waals surface area (Å²) in [6.07, 6.45) is 4.75. The third-order valence-electron chi connectivity index (χ3n) is 2.82. The first kappa shape index (κ1) is 14.2. The molecule has 0 unspecified atom stereocenters. The summed E-state index contributed by atoms with van der Waals surface area (Å²) in [5.74, 6) is 0.621. The topological polar surface area (TPSA) is 122 Å². The smallest absolute Gasteiger partial charge is 0.263 e. The standard InChI is InChI=1S/C12H12N8OS/c1-12(2,11-17-19-20-18-11)16-9(21)7-6-15-10(22-7)8-13-4-3-5-14-8/h3-6H,1-2H3,(H,16,21)(H,17,18,19,20). The summed E-state index contributed by atoms with van der Waals surface area (Å²) in [7, 11) is 0. The van der Waals surface area contributed by atoms with Gasteiger partial charge in [-0.3, -0.25) is 4.79 Å². The lowest BCUT2D eigenvalue weighted by Crippen LogP contribution is -2.41. The molecule has 112 valence electrons. The summed E-state index contributed by atoms with van der Waals surface area (Å²) in [6.45, 7) is 3.58. The van der Waals surface area contributed by atoms with Crippen molar-refractivity contribution in [3.63, 3.8) is 0 Å². The number of hydrogen-bond donors (Lipinski definition) is 2. The molecule has 3 aromatic heterocycles. The second-order valence-corrected chi connectivity index (χ2v) is 5.95. The lowest BCUT2D eigenvalue weighted by atomic mass is 10.1. The highest BCUT2D eigenvalue weighted by atomic mass is 32.1. The molecule has 3 aromatic rings. The number of nitrogens with one attached hydrogen (secondary N) is 2. The highest BCUT2D eigenvalue weighted by Gasteiger charge is 2.28. The lowest BCUT2D eigenvalue weighted by molar-refractivity contribution is 0.0912. The summed E-state index contributed by atoms with van der Waals surface area (Å²) in [5, 5.41) is 17.1. The molecule has 0 fully saturated rings. The van der Waals surface area contributed by atoms with Crippen LogP contribution in [-0.2, 0) is 5.54 Å². The van der Waals surface area contributed by atoms with Crippen molar-refractivity contribution < 1.29 is 4.79 Å². The van der Waals surface area contributed by atoms with E-state index in [1.165, 1.54) is 17.5 Å². The van der Waals surface area contributed by atoms with Crippen LogP contribution in [0.5, 0.6) is 0 Å². The zero-order valence-corrected chi connectivity index (χ0v) is 12.6. The van der Waals surface area contributed by atoms with Gasteiger partial charge < -0.3 is 5.32 Å². The summed E-state index contributed by atoms with van der Waals surface area (Å²) >= 11 is 1.22. The maximum absolute atomic E-state index is 12.3. The van der Waals surface area contributed by atoms with E-state index < -0.39 is 5.54 Å². The molecule has 0 atom stereocenters. The molecule has 3 heterocycles. The Kier molecular flexibility index (Phi) is 3.59. The fraction of sp³-hybridized carbons (Fsp3) is 0.250. The van der Waals surface area contributed by atoms with E-state index in [9.17, 15) is 4.79 Å². The largest absolute Gasteiger partial charge is 0.339 e. The number of hydrogen-bond acceptors (Lipinski definition) is 8. The minimum Gasteiger partial charge on any atom is -0.339 e. The molecule has 2 N–H and O–H groups in total. The van der Waals surface area contributed by atoms with Gasteiger partial charge in [-0.1, -0.05) is 5.21 Å². The SMILES string of the molecule is CC(C)(NC(=O)c1cnc(-c2ncccn2)s1)c1nn[nH]n1. The molecule has 3 rings (SSSR count). The van der Waals surface area contributed by atoms with E-state index in [1.807, 2.05) is 0 Å². The van der Waals surface area contributed by atoms with Gasteiger partial charge in [0.05, 0.1) is 11.7 Å². The molecule has 0 bridgehead atoms. The average Bonchev–Trinajstić information content (AvgIpc) is 3.20. The molecule has 0 aliphatic heterocycles. The minimum absolute atomic E-state index is 0.269. The molecule has 0 aromatic carbocycles. The number of amides is 1. The van der Waals surface area contributed by atoms with Gasteiger partial charge in [0.2, 0.25) is 0 Å². The van der Waals surface area contributed by atoms with Crippen molar-refractivity contribution >= 4 is 17.2 Å². The summed E-state index contributed by atoms with van der Waals surface area (Å²) in [5.41, 5.74) is -0.752. The molecule has 22 heavy (non-hydrogen) atoms. The van der Waals surface area contributed by atoms with Gasteiger partial charge >= 0.3 is 0 Å². The quantitative estimate of drug-likeness (QED) is 0.729. The van der Waals surface area contributed by atoms with Gasteiger partial charge in [-0.05, 0) is 19.9 Å². The van der Waals surface area contributed by atoms with Gasteiger partial charge in [0.15, 0.2) is 16.7 Å². The van der Waals surface area contributed by atoms with Crippen LogP contribution in [0.1, 0.15) is 29.3 Å². The molecular formula is C12H12N8OS. The van der Waals surface area contributed by atoms with Gasteiger partial charge in [-0.15, -0.1) is 21.5 Å². The van der Waals surface area contributed by atoms with Crippen molar-refractivity contribution in [2.45, 2.75) is 19.4 Å². The number of carbonyl (C=O) groups is 1. The molecule has 1 amide bonds. The number of aromatic amines is 1. The molecule has 0 aliphatic carbocycles. The molecule has 0 aliphatic rings. The van der Waals surface area contributed by atoms with Crippen molar-refractivity contribution in [1.29, 1.82) is 0 Å². The van der Waals surface area contributed by atoms with Gasteiger partial charge in [0.25, 0.3) is 5.91 Å². The van der Waals surface area contributed by atoms with Gasteiger partial charge in [-0.25, -0.2) is 15.0 Å². The Hall–Kier alpha value is -2.75. The van der Waals surface area contributed by atoms with E-state index >= 15 is 0 Å². The molecule has 0 radical (unpaired) electrons. The minimum atomic E-state index is -0.752. The van der Waals surface area contributed by atoms with Crippen LogP contribution < -0.4 is 5.32 Å². The number of tetrazole rings is 1. The summed E-state index contributed by atoms with van der Waals surface area (Å²) in [6, 6.07) is 1.72. The zero-order chi connectivity index (χ0) is 15.6. The first-order chi connectivity index (χ1) is 10.6. The zero-order valence-electron chi connectivity index (χ0n) is 11.8. The van der Waals surface area contributed by atoms with Crippen molar-refractivity contribution in [2.75, 3.05) is 0 Å². The monoisotopic (exact) mass is 316 g/mol.